The Morgan fingerprint density at radius 2 is 2.42 bits per heavy atom. The maximum absolute atomic E-state index is 10.6. The van der Waals surface area contributed by atoms with Crippen molar-refractivity contribution in [2.75, 3.05) is 5.84 Å². The Hall–Kier alpha value is -1.45. The van der Waals surface area contributed by atoms with Gasteiger partial charge < -0.3 is 10.9 Å². The highest BCUT2D eigenvalue weighted by molar-refractivity contribution is 5.89. The van der Waals surface area contributed by atoms with Crippen LogP contribution in [0.15, 0.2) is 12.3 Å². The van der Waals surface area contributed by atoms with Gasteiger partial charge in [-0.3, -0.25) is 4.68 Å². The number of hydrogen-bond donors (Lipinski definition) is 2. The van der Waals surface area contributed by atoms with Gasteiger partial charge in [0, 0.05) is 6.20 Å². The summed E-state index contributed by atoms with van der Waals surface area (Å²) in [6.45, 7) is 1.98. The van der Waals surface area contributed by atoms with E-state index in [1.54, 1.807) is 6.20 Å². The van der Waals surface area contributed by atoms with Crippen LogP contribution in [-0.2, 0) is 6.42 Å². The van der Waals surface area contributed by atoms with Crippen molar-refractivity contribution in [2.24, 2.45) is 0 Å². The van der Waals surface area contributed by atoms with Gasteiger partial charge in [0.05, 0.1) is 11.3 Å². The number of aromatic nitrogens is 1. The van der Waals surface area contributed by atoms with Gasteiger partial charge >= 0.3 is 5.97 Å². The van der Waals surface area contributed by atoms with Gasteiger partial charge in [-0.15, -0.1) is 0 Å². The first-order valence-electron chi connectivity index (χ1n) is 3.85. The summed E-state index contributed by atoms with van der Waals surface area (Å²) >= 11 is 0. The lowest BCUT2D eigenvalue weighted by molar-refractivity contribution is 0.0695. The Labute approximate surface area is 70.6 Å². The van der Waals surface area contributed by atoms with Gasteiger partial charge in [0.1, 0.15) is 0 Å². The molecule has 0 atom stereocenters. The molecular formula is C8H12N2O2. The zero-order valence-electron chi connectivity index (χ0n) is 6.95. The highest BCUT2D eigenvalue weighted by atomic mass is 16.4. The molecule has 0 spiro atoms. The van der Waals surface area contributed by atoms with Crippen LogP contribution in [0.5, 0.6) is 0 Å². The molecule has 1 rings (SSSR count). The topological polar surface area (TPSA) is 68.2 Å². The predicted octanol–water partition coefficient (Wildman–Crippen LogP) is 0.853. The highest BCUT2D eigenvalue weighted by Gasteiger charge is 2.12. The molecule has 0 amide bonds. The second-order valence-corrected chi connectivity index (χ2v) is 2.64. The zero-order valence-corrected chi connectivity index (χ0v) is 6.95. The average molecular weight is 168 g/mol. The molecule has 4 nitrogen and oxygen atoms in total. The molecule has 12 heavy (non-hydrogen) atoms. The van der Waals surface area contributed by atoms with E-state index in [0.717, 1.165) is 6.42 Å². The number of nitrogens with two attached hydrogens (primary N) is 1. The van der Waals surface area contributed by atoms with E-state index in [4.69, 9.17) is 10.9 Å². The number of hydrogen-bond acceptors (Lipinski definition) is 2. The Bertz CT molecular complexity index is 291. The van der Waals surface area contributed by atoms with E-state index in [2.05, 4.69) is 0 Å². The molecule has 0 saturated heterocycles. The molecule has 4 heteroatoms. The maximum atomic E-state index is 10.6. The SMILES string of the molecule is CCCc1c(C(=O)O)ccn1N. The molecule has 0 bridgehead atoms. The first-order chi connectivity index (χ1) is 5.66. The van der Waals surface area contributed by atoms with Crippen molar-refractivity contribution in [2.45, 2.75) is 19.8 Å². The largest absolute Gasteiger partial charge is 0.478 e. The predicted molar refractivity (Wildman–Crippen MR) is 45.5 cm³/mol. The molecule has 1 heterocycles. The molecule has 1 aromatic heterocycles. The summed E-state index contributed by atoms with van der Waals surface area (Å²) in [5.74, 6) is 4.60. The minimum Gasteiger partial charge on any atom is -0.478 e. The average Bonchev–Trinajstić information content (AvgIpc) is 2.34. The van der Waals surface area contributed by atoms with Crippen LogP contribution in [-0.4, -0.2) is 15.8 Å². The minimum absolute atomic E-state index is 0.305. The van der Waals surface area contributed by atoms with Crippen LogP contribution in [0.2, 0.25) is 0 Å². The van der Waals surface area contributed by atoms with Crippen LogP contribution < -0.4 is 5.84 Å². The number of rotatable bonds is 3. The molecule has 3 N–H and O–H groups in total. The van der Waals surface area contributed by atoms with Gasteiger partial charge in [-0.25, -0.2) is 4.79 Å². The number of carbonyl (C=O) groups is 1. The molecule has 0 unspecified atom stereocenters. The van der Waals surface area contributed by atoms with Crippen molar-refractivity contribution in [1.82, 2.24) is 4.68 Å². The van der Waals surface area contributed by atoms with Crippen LogP contribution in [0.3, 0.4) is 0 Å². The van der Waals surface area contributed by atoms with Crippen molar-refractivity contribution in [3.05, 3.63) is 23.5 Å². The molecule has 0 aromatic carbocycles. The Balaban J connectivity index is 3.03. The van der Waals surface area contributed by atoms with E-state index in [0.29, 0.717) is 17.7 Å². The van der Waals surface area contributed by atoms with Crippen LogP contribution in [0.25, 0.3) is 0 Å². The monoisotopic (exact) mass is 168 g/mol. The molecule has 0 saturated carbocycles. The lowest BCUT2D eigenvalue weighted by Crippen LogP contribution is -2.13. The second-order valence-electron chi connectivity index (χ2n) is 2.64. The lowest BCUT2D eigenvalue weighted by atomic mass is 10.1. The van der Waals surface area contributed by atoms with Crippen LogP contribution in [0.4, 0.5) is 0 Å². The summed E-state index contributed by atoms with van der Waals surface area (Å²) in [5, 5.41) is 8.74. The number of aromatic carboxylic acids is 1. The van der Waals surface area contributed by atoms with E-state index in [-0.39, 0.29) is 0 Å². The first kappa shape index (κ1) is 8.64. The van der Waals surface area contributed by atoms with Gasteiger partial charge in [0.2, 0.25) is 0 Å². The third-order valence-corrected chi connectivity index (χ3v) is 1.74. The van der Waals surface area contributed by atoms with Crippen molar-refractivity contribution < 1.29 is 9.90 Å². The number of nitrogen functional groups attached to an aromatic ring is 1. The summed E-state index contributed by atoms with van der Waals surface area (Å²) in [6, 6.07) is 1.52. The fourth-order valence-electron chi connectivity index (χ4n) is 1.18. The van der Waals surface area contributed by atoms with Crippen molar-refractivity contribution in [1.29, 1.82) is 0 Å². The van der Waals surface area contributed by atoms with Crippen molar-refractivity contribution >= 4 is 5.97 Å². The summed E-state index contributed by atoms with van der Waals surface area (Å²) in [4.78, 5) is 10.6. The quantitative estimate of drug-likeness (QED) is 0.657. The van der Waals surface area contributed by atoms with Gasteiger partial charge in [0.15, 0.2) is 0 Å². The summed E-state index contributed by atoms with van der Waals surface area (Å²) in [7, 11) is 0. The smallest absolute Gasteiger partial charge is 0.337 e. The Morgan fingerprint density at radius 3 is 2.92 bits per heavy atom. The molecule has 66 valence electrons. The third-order valence-electron chi connectivity index (χ3n) is 1.74. The zero-order chi connectivity index (χ0) is 9.14. The number of nitrogens with zero attached hydrogens (tertiary/aromatic N) is 1. The third kappa shape index (κ3) is 1.42. The van der Waals surface area contributed by atoms with Gasteiger partial charge in [-0.05, 0) is 12.5 Å². The Morgan fingerprint density at radius 1 is 1.75 bits per heavy atom. The second kappa shape index (κ2) is 3.30. The van der Waals surface area contributed by atoms with Crippen LogP contribution in [0.1, 0.15) is 29.4 Å². The minimum atomic E-state index is -0.914. The number of carboxylic acid groups (broad SMARTS) is 1. The van der Waals surface area contributed by atoms with E-state index < -0.39 is 5.97 Å². The van der Waals surface area contributed by atoms with Crippen LogP contribution >= 0.6 is 0 Å². The fraction of sp³-hybridized carbons (Fsp3) is 0.375. The molecular weight excluding hydrogens is 156 g/mol. The molecule has 1 aromatic rings. The van der Waals surface area contributed by atoms with Crippen LogP contribution in [0, 0.1) is 0 Å². The van der Waals surface area contributed by atoms with E-state index in [1.165, 1.54) is 10.7 Å². The van der Waals surface area contributed by atoms with E-state index in [1.807, 2.05) is 6.92 Å². The van der Waals surface area contributed by atoms with Gasteiger partial charge in [-0.1, -0.05) is 13.3 Å². The van der Waals surface area contributed by atoms with Crippen molar-refractivity contribution in [3.8, 4) is 0 Å². The fourth-order valence-corrected chi connectivity index (χ4v) is 1.18. The highest BCUT2D eigenvalue weighted by Crippen LogP contribution is 2.10. The van der Waals surface area contributed by atoms with E-state index in [9.17, 15) is 4.79 Å². The summed E-state index contributed by atoms with van der Waals surface area (Å²) in [5.41, 5.74) is 0.990. The van der Waals surface area contributed by atoms with Crippen molar-refractivity contribution in [3.63, 3.8) is 0 Å². The number of carboxylic acids is 1. The maximum Gasteiger partial charge on any atom is 0.337 e. The van der Waals surface area contributed by atoms with E-state index >= 15 is 0 Å². The molecule has 0 fully saturated rings. The molecule has 0 aliphatic carbocycles. The molecule has 0 aliphatic heterocycles. The van der Waals surface area contributed by atoms with Gasteiger partial charge in [0.25, 0.3) is 0 Å². The molecule has 0 aliphatic rings. The first-order valence-corrected chi connectivity index (χ1v) is 3.85. The molecule has 0 radical (unpaired) electrons. The normalized spacial score (nSPS) is 10.1. The summed E-state index contributed by atoms with van der Waals surface area (Å²) < 4.78 is 1.37. The summed E-state index contributed by atoms with van der Waals surface area (Å²) in [6.07, 6.45) is 3.15. The standard InChI is InChI=1S/C8H12N2O2/c1-2-3-7-6(8(11)12)4-5-10(7)9/h4-5H,2-3,9H2,1H3,(H,11,12). The Kier molecular flexibility index (Phi) is 2.38. The van der Waals surface area contributed by atoms with Gasteiger partial charge in [-0.2, -0.15) is 0 Å². The lowest BCUT2D eigenvalue weighted by Gasteiger charge is -2.02.